The molecule has 0 saturated heterocycles. The van der Waals surface area contributed by atoms with Crippen LogP contribution in [-0.4, -0.2) is 37.6 Å². The predicted molar refractivity (Wildman–Crippen MR) is 64.4 cm³/mol. The molecule has 19 heavy (non-hydrogen) atoms. The minimum atomic E-state index is -1.07. The van der Waals surface area contributed by atoms with Crippen molar-refractivity contribution in [2.24, 2.45) is 0 Å². The van der Waals surface area contributed by atoms with Gasteiger partial charge in [0.05, 0.1) is 19.1 Å². The summed E-state index contributed by atoms with van der Waals surface area (Å²) in [7, 11) is 1.49. The molecule has 102 valence electrons. The molecule has 0 aliphatic carbocycles. The lowest BCUT2D eigenvalue weighted by Crippen LogP contribution is -2.34. The van der Waals surface area contributed by atoms with E-state index in [-0.39, 0.29) is 25.1 Å². The highest BCUT2D eigenvalue weighted by Gasteiger charge is 2.16. The van der Waals surface area contributed by atoms with Gasteiger partial charge in [-0.25, -0.2) is 8.78 Å². The second-order valence-corrected chi connectivity index (χ2v) is 3.82. The van der Waals surface area contributed by atoms with Crippen LogP contribution in [0.2, 0.25) is 0 Å². The van der Waals surface area contributed by atoms with E-state index in [0.717, 1.165) is 12.1 Å². The van der Waals surface area contributed by atoms with Crippen LogP contribution >= 0.6 is 0 Å². The van der Waals surface area contributed by atoms with E-state index in [1.54, 1.807) is 0 Å². The summed E-state index contributed by atoms with van der Waals surface area (Å²) in [5.41, 5.74) is 0.0490. The van der Waals surface area contributed by atoms with E-state index in [1.165, 1.54) is 18.1 Å². The molecule has 0 unspecified atom stereocenters. The largest absolute Gasteiger partial charge is 0.383 e. The zero-order valence-electron chi connectivity index (χ0n) is 10.5. The normalized spacial score (nSPS) is 10.0. The Kier molecular flexibility index (Phi) is 5.90. The van der Waals surface area contributed by atoms with Crippen molar-refractivity contribution >= 4 is 5.91 Å². The van der Waals surface area contributed by atoms with Gasteiger partial charge in [-0.05, 0) is 18.2 Å². The maximum Gasteiger partial charge on any atom is 0.254 e. The number of carbonyl (C=O) groups excluding carboxylic acids is 1. The molecule has 0 heterocycles. The molecule has 0 aromatic heterocycles. The highest BCUT2D eigenvalue weighted by atomic mass is 19.2. The van der Waals surface area contributed by atoms with Crippen molar-refractivity contribution in [2.75, 3.05) is 26.8 Å². The fraction of sp³-hybridized carbons (Fsp3) is 0.385. The molecule has 4 nitrogen and oxygen atoms in total. The van der Waals surface area contributed by atoms with Crippen molar-refractivity contribution in [3.63, 3.8) is 0 Å². The number of nitrogens with zero attached hydrogens (tertiary/aromatic N) is 2. The van der Waals surface area contributed by atoms with Gasteiger partial charge in [-0.2, -0.15) is 5.26 Å². The second-order valence-electron chi connectivity index (χ2n) is 3.82. The molecule has 0 spiro atoms. The van der Waals surface area contributed by atoms with E-state index in [1.807, 2.05) is 6.07 Å². The maximum atomic E-state index is 13.1. The van der Waals surface area contributed by atoms with Crippen molar-refractivity contribution in [3.8, 4) is 6.07 Å². The number of halogens is 2. The lowest BCUT2D eigenvalue weighted by molar-refractivity contribution is 0.0699. The minimum absolute atomic E-state index is 0.0490. The monoisotopic (exact) mass is 268 g/mol. The number of methoxy groups -OCH3 is 1. The third-order valence-electron chi connectivity index (χ3n) is 2.51. The fourth-order valence-corrected chi connectivity index (χ4v) is 1.51. The molecule has 0 N–H and O–H groups in total. The number of ether oxygens (including phenoxy) is 1. The highest BCUT2D eigenvalue weighted by Crippen LogP contribution is 2.11. The standard InChI is InChI=1S/C13H14F2N2O2/c1-19-8-7-17(6-2-5-16)13(18)10-3-4-11(14)12(15)9-10/h3-4,9H,2,6-8H2,1H3. The first-order valence-corrected chi connectivity index (χ1v) is 5.70. The van der Waals surface area contributed by atoms with Crippen molar-refractivity contribution in [3.05, 3.63) is 35.4 Å². The lowest BCUT2D eigenvalue weighted by Gasteiger charge is -2.21. The molecule has 6 heteroatoms. The van der Waals surface area contributed by atoms with E-state index < -0.39 is 17.5 Å². The molecule has 1 aromatic carbocycles. The van der Waals surface area contributed by atoms with E-state index >= 15 is 0 Å². The van der Waals surface area contributed by atoms with Crippen LogP contribution in [0.1, 0.15) is 16.8 Å². The zero-order valence-corrected chi connectivity index (χ0v) is 10.5. The van der Waals surface area contributed by atoms with E-state index in [9.17, 15) is 13.6 Å². The second kappa shape index (κ2) is 7.44. The van der Waals surface area contributed by atoms with Gasteiger partial charge in [0.15, 0.2) is 11.6 Å². The average Bonchev–Trinajstić information content (AvgIpc) is 2.41. The summed E-state index contributed by atoms with van der Waals surface area (Å²) >= 11 is 0. The number of hydrogen-bond donors (Lipinski definition) is 0. The Balaban J connectivity index is 2.84. The van der Waals surface area contributed by atoms with Crippen LogP contribution in [0.25, 0.3) is 0 Å². The number of nitriles is 1. The Bertz CT molecular complexity index is 486. The van der Waals surface area contributed by atoms with Gasteiger partial charge in [-0.3, -0.25) is 4.79 Å². The minimum Gasteiger partial charge on any atom is -0.383 e. The van der Waals surface area contributed by atoms with Gasteiger partial charge >= 0.3 is 0 Å². The number of benzene rings is 1. The van der Waals surface area contributed by atoms with Crippen LogP contribution in [0.4, 0.5) is 8.78 Å². The van der Waals surface area contributed by atoms with E-state index in [2.05, 4.69) is 0 Å². The van der Waals surface area contributed by atoms with Gasteiger partial charge in [0.2, 0.25) is 0 Å². The fourth-order valence-electron chi connectivity index (χ4n) is 1.51. The molecule has 0 bridgehead atoms. The maximum absolute atomic E-state index is 13.1. The molecule has 0 aliphatic heterocycles. The van der Waals surface area contributed by atoms with Gasteiger partial charge in [-0.1, -0.05) is 0 Å². The zero-order chi connectivity index (χ0) is 14.3. The summed E-state index contributed by atoms with van der Waals surface area (Å²) < 4.78 is 30.8. The van der Waals surface area contributed by atoms with Crippen molar-refractivity contribution in [1.29, 1.82) is 5.26 Å². The number of hydrogen-bond acceptors (Lipinski definition) is 3. The molecular weight excluding hydrogens is 254 g/mol. The van der Waals surface area contributed by atoms with Gasteiger partial charge in [0, 0.05) is 25.8 Å². The Morgan fingerprint density at radius 3 is 2.68 bits per heavy atom. The van der Waals surface area contributed by atoms with Gasteiger partial charge in [-0.15, -0.1) is 0 Å². The summed E-state index contributed by atoms with van der Waals surface area (Å²) in [5.74, 6) is -2.53. The van der Waals surface area contributed by atoms with Crippen molar-refractivity contribution in [1.82, 2.24) is 4.90 Å². The molecule has 0 atom stereocenters. The SMILES string of the molecule is COCCN(CCC#N)C(=O)c1ccc(F)c(F)c1. The molecule has 0 aliphatic rings. The topological polar surface area (TPSA) is 53.3 Å². The first kappa shape index (κ1) is 15.1. The Hall–Kier alpha value is -2.00. The van der Waals surface area contributed by atoms with Crippen LogP contribution in [0.3, 0.4) is 0 Å². The first-order valence-electron chi connectivity index (χ1n) is 5.70. The summed E-state index contributed by atoms with van der Waals surface area (Å²) in [5, 5.41) is 8.54. The summed E-state index contributed by atoms with van der Waals surface area (Å²) in [6.07, 6.45) is 0.166. The molecule has 0 saturated carbocycles. The van der Waals surface area contributed by atoms with E-state index in [4.69, 9.17) is 10.00 Å². The molecule has 1 aromatic rings. The van der Waals surface area contributed by atoms with Crippen LogP contribution in [-0.2, 0) is 4.74 Å². The quantitative estimate of drug-likeness (QED) is 0.792. The summed E-state index contributed by atoms with van der Waals surface area (Å²) in [6.45, 7) is 0.814. The number of amides is 1. The van der Waals surface area contributed by atoms with Crippen LogP contribution in [0, 0.1) is 23.0 Å². The third kappa shape index (κ3) is 4.30. The van der Waals surface area contributed by atoms with Gasteiger partial charge < -0.3 is 9.64 Å². The van der Waals surface area contributed by atoms with E-state index in [0.29, 0.717) is 6.61 Å². The van der Waals surface area contributed by atoms with Gasteiger partial charge in [0.1, 0.15) is 0 Å². The molecule has 0 fully saturated rings. The summed E-state index contributed by atoms with van der Waals surface area (Å²) in [6, 6.07) is 4.90. The lowest BCUT2D eigenvalue weighted by atomic mass is 10.2. The third-order valence-corrected chi connectivity index (χ3v) is 2.51. The summed E-state index contributed by atoms with van der Waals surface area (Å²) in [4.78, 5) is 13.5. The molecule has 0 radical (unpaired) electrons. The van der Waals surface area contributed by atoms with Crippen LogP contribution in [0.5, 0.6) is 0 Å². The Morgan fingerprint density at radius 2 is 2.11 bits per heavy atom. The molecule has 1 rings (SSSR count). The molecular formula is C13H14F2N2O2. The van der Waals surface area contributed by atoms with Gasteiger partial charge in [0.25, 0.3) is 5.91 Å². The Labute approximate surface area is 110 Å². The Morgan fingerprint density at radius 1 is 1.37 bits per heavy atom. The number of rotatable bonds is 6. The predicted octanol–water partition coefficient (Wildman–Crippen LogP) is 1.97. The van der Waals surface area contributed by atoms with Crippen molar-refractivity contribution < 1.29 is 18.3 Å². The molecule has 1 amide bonds. The van der Waals surface area contributed by atoms with Crippen LogP contribution < -0.4 is 0 Å². The smallest absolute Gasteiger partial charge is 0.254 e. The number of carbonyl (C=O) groups is 1. The van der Waals surface area contributed by atoms with Crippen molar-refractivity contribution in [2.45, 2.75) is 6.42 Å². The highest BCUT2D eigenvalue weighted by molar-refractivity contribution is 5.94. The first-order chi connectivity index (χ1) is 9.10. The average molecular weight is 268 g/mol. The van der Waals surface area contributed by atoms with Crippen LogP contribution in [0.15, 0.2) is 18.2 Å².